The van der Waals surface area contributed by atoms with E-state index in [0.29, 0.717) is 16.3 Å². The van der Waals surface area contributed by atoms with Crippen LogP contribution in [-0.4, -0.2) is 9.78 Å². The summed E-state index contributed by atoms with van der Waals surface area (Å²) in [4.78, 5) is 0. The predicted molar refractivity (Wildman–Crippen MR) is 57.2 cm³/mol. The van der Waals surface area contributed by atoms with Crippen LogP contribution in [0.5, 0.6) is 0 Å². The maximum atomic E-state index is 13.4. The fourth-order valence-electron chi connectivity index (χ4n) is 1.31. The lowest BCUT2D eigenvalue weighted by Gasteiger charge is -2.05. The van der Waals surface area contributed by atoms with Crippen molar-refractivity contribution in [3.63, 3.8) is 0 Å². The van der Waals surface area contributed by atoms with Gasteiger partial charge in [0.2, 0.25) is 0 Å². The third kappa shape index (κ3) is 2.10. The van der Waals surface area contributed by atoms with Gasteiger partial charge in [-0.05, 0) is 12.1 Å². The van der Waals surface area contributed by atoms with E-state index in [2.05, 4.69) is 5.10 Å². The number of nitrogens with zero attached hydrogens (tertiary/aromatic N) is 2. The van der Waals surface area contributed by atoms with E-state index in [-0.39, 0.29) is 12.4 Å². The minimum Gasteiger partial charge on any atom is -0.396 e. The van der Waals surface area contributed by atoms with Crippen LogP contribution in [0.1, 0.15) is 5.56 Å². The molecule has 0 unspecified atom stereocenters. The number of aromatic nitrogens is 2. The molecular formula is C10H9ClFN3. The molecule has 1 aromatic carbocycles. The van der Waals surface area contributed by atoms with E-state index >= 15 is 0 Å². The van der Waals surface area contributed by atoms with Gasteiger partial charge in [0, 0.05) is 16.8 Å². The van der Waals surface area contributed by atoms with Gasteiger partial charge in [-0.3, -0.25) is 4.68 Å². The molecule has 0 saturated carbocycles. The summed E-state index contributed by atoms with van der Waals surface area (Å²) >= 11 is 5.87. The maximum absolute atomic E-state index is 13.4. The van der Waals surface area contributed by atoms with E-state index in [1.807, 2.05) is 0 Å². The molecule has 3 nitrogen and oxygen atoms in total. The summed E-state index contributed by atoms with van der Waals surface area (Å²) in [5, 5.41) is 4.35. The van der Waals surface area contributed by atoms with Crippen LogP contribution in [0.2, 0.25) is 5.02 Å². The molecule has 5 heteroatoms. The molecule has 1 aromatic heterocycles. The summed E-state index contributed by atoms with van der Waals surface area (Å²) in [6.07, 6.45) is 3.14. The van der Waals surface area contributed by atoms with Crippen molar-refractivity contribution >= 4 is 17.3 Å². The van der Waals surface area contributed by atoms with Crippen molar-refractivity contribution in [2.45, 2.75) is 6.54 Å². The molecule has 0 saturated heterocycles. The van der Waals surface area contributed by atoms with Crippen LogP contribution in [0.3, 0.4) is 0 Å². The molecule has 2 rings (SSSR count). The van der Waals surface area contributed by atoms with Gasteiger partial charge in [-0.15, -0.1) is 0 Å². The first-order valence-electron chi connectivity index (χ1n) is 4.37. The third-order valence-corrected chi connectivity index (χ3v) is 2.39. The Hall–Kier alpha value is -1.55. The Morgan fingerprint density at radius 3 is 2.87 bits per heavy atom. The first kappa shape index (κ1) is 9.98. The zero-order valence-electron chi connectivity index (χ0n) is 7.82. The molecule has 0 bridgehead atoms. The van der Waals surface area contributed by atoms with Crippen molar-refractivity contribution in [1.29, 1.82) is 0 Å². The van der Waals surface area contributed by atoms with Crippen LogP contribution in [0.15, 0.2) is 30.6 Å². The van der Waals surface area contributed by atoms with Gasteiger partial charge in [-0.2, -0.15) is 5.10 Å². The van der Waals surface area contributed by atoms with E-state index in [9.17, 15) is 4.39 Å². The summed E-state index contributed by atoms with van der Waals surface area (Å²) in [6, 6.07) is 4.58. The highest BCUT2D eigenvalue weighted by Gasteiger charge is 2.07. The first-order chi connectivity index (χ1) is 7.16. The fourth-order valence-corrected chi connectivity index (χ4v) is 1.53. The fraction of sp³-hybridized carbons (Fsp3) is 0.100. The molecule has 0 aliphatic carbocycles. The van der Waals surface area contributed by atoms with Crippen LogP contribution in [-0.2, 0) is 6.54 Å². The van der Waals surface area contributed by atoms with E-state index in [1.165, 1.54) is 12.3 Å². The van der Waals surface area contributed by atoms with Gasteiger partial charge in [0.1, 0.15) is 5.82 Å². The Morgan fingerprint density at radius 1 is 1.47 bits per heavy atom. The zero-order chi connectivity index (χ0) is 10.8. The van der Waals surface area contributed by atoms with Gasteiger partial charge < -0.3 is 5.73 Å². The van der Waals surface area contributed by atoms with Gasteiger partial charge >= 0.3 is 0 Å². The number of rotatable bonds is 2. The van der Waals surface area contributed by atoms with E-state index in [4.69, 9.17) is 17.3 Å². The van der Waals surface area contributed by atoms with Crippen molar-refractivity contribution < 1.29 is 4.39 Å². The van der Waals surface area contributed by atoms with Crippen LogP contribution < -0.4 is 5.73 Å². The van der Waals surface area contributed by atoms with Crippen LogP contribution in [0.4, 0.5) is 10.1 Å². The van der Waals surface area contributed by atoms with Gasteiger partial charge in [-0.1, -0.05) is 17.7 Å². The SMILES string of the molecule is Nc1cnn(Cc2c(F)cccc2Cl)c1. The second-order valence-electron chi connectivity index (χ2n) is 3.17. The van der Waals surface area contributed by atoms with E-state index in [1.54, 1.807) is 23.0 Å². The number of nitrogens with two attached hydrogens (primary N) is 1. The van der Waals surface area contributed by atoms with Crippen molar-refractivity contribution in [3.8, 4) is 0 Å². The van der Waals surface area contributed by atoms with Crippen molar-refractivity contribution in [2.75, 3.05) is 5.73 Å². The Kier molecular flexibility index (Phi) is 2.60. The standard InChI is InChI=1S/C10H9ClFN3/c11-9-2-1-3-10(12)8(9)6-15-5-7(13)4-14-15/h1-5H,6,13H2. The summed E-state index contributed by atoms with van der Waals surface area (Å²) in [7, 11) is 0. The average molecular weight is 226 g/mol. The van der Waals surface area contributed by atoms with Crippen molar-refractivity contribution in [2.24, 2.45) is 0 Å². The number of hydrogen-bond acceptors (Lipinski definition) is 2. The molecule has 0 atom stereocenters. The third-order valence-electron chi connectivity index (χ3n) is 2.04. The van der Waals surface area contributed by atoms with Crippen molar-refractivity contribution in [1.82, 2.24) is 9.78 Å². The highest BCUT2D eigenvalue weighted by molar-refractivity contribution is 6.31. The van der Waals surface area contributed by atoms with Crippen LogP contribution >= 0.6 is 11.6 Å². The van der Waals surface area contributed by atoms with Gasteiger partial charge in [0.15, 0.2) is 0 Å². The normalized spacial score (nSPS) is 10.5. The number of anilines is 1. The lowest BCUT2D eigenvalue weighted by molar-refractivity contribution is 0.585. The summed E-state index contributed by atoms with van der Waals surface area (Å²) in [5.41, 5.74) is 6.46. The Morgan fingerprint density at radius 2 is 2.27 bits per heavy atom. The van der Waals surface area contributed by atoms with E-state index < -0.39 is 0 Å². The minimum absolute atomic E-state index is 0.280. The summed E-state index contributed by atoms with van der Waals surface area (Å²) < 4.78 is 14.9. The molecule has 15 heavy (non-hydrogen) atoms. The number of nitrogen functional groups attached to an aromatic ring is 1. The lowest BCUT2D eigenvalue weighted by atomic mass is 10.2. The van der Waals surface area contributed by atoms with Crippen LogP contribution in [0.25, 0.3) is 0 Å². The Labute approximate surface area is 91.3 Å². The lowest BCUT2D eigenvalue weighted by Crippen LogP contribution is -2.03. The zero-order valence-corrected chi connectivity index (χ0v) is 8.58. The quantitative estimate of drug-likeness (QED) is 0.853. The Bertz CT molecular complexity index is 461. The molecule has 2 N–H and O–H groups in total. The molecule has 0 fully saturated rings. The topological polar surface area (TPSA) is 43.8 Å². The van der Waals surface area contributed by atoms with Crippen LogP contribution in [0, 0.1) is 5.82 Å². The molecule has 0 aliphatic heterocycles. The summed E-state index contributed by atoms with van der Waals surface area (Å²) in [5.74, 6) is -0.337. The average Bonchev–Trinajstić information content (AvgIpc) is 2.58. The largest absolute Gasteiger partial charge is 0.396 e. The smallest absolute Gasteiger partial charge is 0.129 e. The second kappa shape index (κ2) is 3.90. The van der Waals surface area contributed by atoms with E-state index in [0.717, 1.165) is 0 Å². The number of hydrogen-bond donors (Lipinski definition) is 1. The maximum Gasteiger partial charge on any atom is 0.129 e. The van der Waals surface area contributed by atoms with Gasteiger partial charge in [0.25, 0.3) is 0 Å². The molecule has 1 heterocycles. The highest BCUT2D eigenvalue weighted by Crippen LogP contribution is 2.19. The van der Waals surface area contributed by atoms with Gasteiger partial charge in [-0.25, -0.2) is 4.39 Å². The highest BCUT2D eigenvalue weighted by atomic mass is 35.5. The molecule has 0 aliphatic rings. The van der Waals surface area contributed by atoms with Crippen molar-refractivity contribution in [3.05, 3.63) is 47.0 Å². The Balaban J connectivity index is 2.31. The predicted octanol–water partition coefficient (Wildman–Crippen LogP) is 2.31. The molecule has 0 amide bonds. The second-order valence-corrected chi connectivity index (χ2v) is 3.58. The monoisotopic (exact) mass is 225 g/mol. The number of halogens is 2. The molecular weight excluding hydrogens is 217 g/mol. The van der Waals surface area contributed by atoms with Gasteiger partial charge in [0.05, 0.1) is 18.4 Å². The first-order valence-corrected chi connectivity index (χ1v) is 4.75. The molecule has 2 aromatic rings. The summed E-state index contributed by atoms with van der Waals surface area (Å²) in [6.45, 7) is 0.280. The number of benzene rings is 1. The molecule has 0 spiro atoms. The minimum atomic E-state index is -0.337. The molecule has 78 valence electrons. The molecule has 0 radical (unpaired) electrons.